The second kappa shape index (κ2) is 26.0. The van der Waals surface area contributed by atoms with Crippen molar-refractivity contribution in [3.8, 4) is 11.1 Å². The van der Waals surface area contributed by atoms with Crippen LogP contribution in [-0.4, -0.2) is 20.0 Å². The molecule has 0 fully saturated rings. The molecule has 10 aromatic carbocycles. The van der Waals surface area contributed by atoms with Gasteiger partial charge in [0.05, 0.1) is 0 Å². The molecule has 0 amide bonds. The van der Waals surface area contributed by atoms with Crippen molar-refractivity contribution in [1.82, 2.24) is 0 Å². The molecule has 2 N–H and O–H groups in total. The topological polar surface area (TPSA) is 26.0 Å². The first-order valence-corrected chi connectivity index (χ1v) is 26.3. The predicted octanol–water partition coefficient (Wildman–Crippen LogP) is 9.56. The molecule has 0 spiro atoms. The van der Waals surface area contributed by atoms with E-state index in [0.29, 0.717) is 0 Å². The van der Waals surface area contributed by atoms with Crippen molar-refractivity contribution in [2.24, 2.45) is 5.73 Å². The van der Waals surface area contributed by atoms with E-state index in [1.165, 1.54) is 75.1 Å². The van der Waals surface area contributed by atoms with Crippen molar-refractivity contribution in [1.29, 1.82) is 0 Å². The average Bonchev–Trinajstić information content (AvgIpc) is 3.37. The summed E-state index contributed by atoms with van der Waals surface area (Å²) in [5.41, 5.74) is 8.42. The van der Waals surface area contributed by atoms with E-state index in [1.54, 1.807) is 0 Å². The summed E-state index contributed by atoms with van der Waals surface area (Å²) in [7, 11) is -7.98. The Morgan fingerprint density at radius 3 is 0.855 bits per heavy atom. The van der Waals surface area contributed by atoms with E-state index in [4.69, 9.17) is 5.73 Å². The summed E-state index contributed by atoms with van der Waals surface area (Å²) in [4.78, 5) is 0. The van der Waals surface area contributed by atoms with Crippen LogP contribution in [0.2, 0.25) is 0 Å². The molecule has 0 aliphatic heterocycles. The minimum absolute atomic E-state index is 0. The zero-order valence-corrected chi connectivity index (χ0v) is 42.6. The molecular weight excluding hydrogens is 1030 g/mol. The third-order valence-corrected chi connectivity index (χ3v) is 18.6. The summed E-state index contributed by atoms with van der Waals surface area (Å²) in [6.07, 6.45) is 1.06. The van der Waals surface area contributed by atoms with Gasteiger partial charge in [0.25, 0.3) is 0 Å². The van der Waals surface area contributed by atoms with Crippen molar-refractivity contribution < 1.29 is 49.1 Å². The van der Waals surface area contributed by atoms with Crippen LogP contribution in [0.5, 0.6) is 0 Å². The van der Waals surface area contributed by atoms with Gasteiger partial charge in [-0.15, -0.1) is 0 Å². The molecule has 0 aliphatic rings. The molecule has 69 heavy (non-hydrogen) atoms. The third-order valence-electron chi connectivity index (χ3n) is 11.1. The van der Waals surface area contributed by atoms with Crippen LogP contribution in [-0.2, 0) is 19.5 Å². The Labute approximate surface area is 425 Å². The van der Waals surface area contributed by atoms with Crippen LogP contribution in [0.4, 0.5) is 17.3 Å². The Bertz CT molecular complexity index is 2820. The summed E-state index contributed by atoms with van der Waals surface area (Å²) < 4.78 is 39.0. The second-order valence-electron chi connectivity index (χ2n) is 15.5. The first kappa shape index (κ1) is 53.0. The predicted molar refractivity (Wildman–Crippen MR) is 287 cm³/mol. The van der Waals surface area contributed by atoms with Crippen molar-refractivity contribution in [2.75, 3.05) is 12.7 Å². The maximum Gasteiger partial charge on any atom is 2.00 e. The van der Waals surface area contributed by atoms with E-state index >= 15 is 0 Å². The molecule has 0 bridgehead atoms. The summed E-state index contributed by atoms with van der Waals surface area (Å²) in [5.74, 6) is 0. The fourth-order valence-corrected chi connectivity index (χ4v) is 15.4. The van der Waals surface area contributed by atoms with Gasteiger partial charge < -0.3 is 35.4 Å². The molecule has 11 heteroatoms. The summed E-state index contributed by atoms with van der Waals surface area (Å²) >= 11 is 0. The number of fused-ring (bicyclic) bond motifs is 2. The SMILES string of the molecule is F[B-](F)(F)F.NCCP(c1ccccc1)c1ccccc1.[Cl-].[Ru+2].c1ccc(P(c2ccccc2)c2ccc3ccccc3c2-c2c(P(c3ccccc3)c3ccccc3)ccc3ccccc23)cc1. The molecular formula is C58H48BClF4NP3Ru. The van der Waals surface area contributed by atoms with Gasteiger partial charge in [-0.25, -0.2) is 0 Å². The first-order valence-electron chi connectivity index (χ1n) is 22.1. The van der Waals surface area contributed by atoms with Crippen LogP contribution in [0.3, 0.4) is 0 Å². The number of hydrogen-bond acceptors (Lipinski definition) is 1. The van der Waals surface area contributed by atoms with Crippen LogP contribution >= 0.6 is 23.8 Å². The van der Waals surface area contributed by atoms with E-state index < -0.39 is 23.1 Å². The molecule has 10 rings (SSSR count). The molecule has 0 atom stereocenters. The van der Waals surface area contributed by atoms with E-state index in [-0.39, 0.29) is 39.8 Å². The minimum Gasteiger partial charge on any atom is -1.00 e. The second-order valence-corrected chi connectivity index (χ2v) is 22.2. The van der Waals surface area contributed by atoms with Crippen molar-refractivity contribution in [3.05, 3.63) is 255 Å². The average molecular weight is 1080 g/mol. The van der Waals surface area contributed by atoms with Crippen LogP contribution in [0, 0.1) is 0 Å². The van der Waals surface area contributed by atoms with Gasteiger partial charge in [-0.2, -0.15) is 0 Å². The molecule has 1 nitrogen and oxygen atoms in total. The maximum atomic E-state index is 9.75. The zero-order chi connectivity index (χ0) is 46.4. The monoisotopic (exact) mass is 1080 g/mol. The molecule has 10 aromatic rings. The number of rotatable bonds is 11. The van der Waals surface area contributed by atoms with E-state index in [0.717, 1.165) is 12.7 Å². The third kappa shape index (κ3) is 13.7. The van der Waals surface area contributed by atoms with E-state index in [9.17, 15) is 17.3 Å². The van der Waals surface area contributed by atoms with Gasteiger partial charge in [0, 0.05) is 0 Å². The number of halogens is 5. The summed E-state index contributed by atoms with van der Waals surface area (Å²) in [5, 5.41) is 16.2. The van der Waals surface area contributed by atoms with Crippen LogP contribution in [0.1, 0.15) is 0 Å². The Hall–Kier alpha value is -5.33. The summed E-state index contributed by atoms with van der Waals surface area (Å²) in [6.45, 7) is 0.746. The molecule has 0 aliphatic carbocycles. The van der Waals surface area contributed by atoms with E-state index in [2.05, 4.69) is 255 Å². The number of benzene rings is 10. The van der Waals surface area contributed by atoms with E-state index in [1.807, 2.05) is 0 Å². The van der Waals surface area contributed by atoms with Crippen molar-refractivity contribution in [2.45, 2.75) is 0 Å². The van der Waals surface area contributed by atoms with Gasteiger partial charge in [-0.1, -0.05) is 255 Å². The Morgan fingerprint density at radius 2 is 0.580 bits per heavy atom. The maximum absolute atomic E-state index is 9.75. The zero-order valence-electron chi connectivity index (χ0n) is 37.4. The number of nitrogens with two attached hydrogens (primary N) is 1. The van der Waals surface area contributed by atoms with Crippen molar-refractivity contribution >= 4 is 95.0 Å². The molecule has 0 aromatic heterocycles. The van der Waals surface area contributed by atoms with Gasteiger partial charge >= 0.3 is 26.7 Å². The van der Waals surface area contributed by atoms with Gasteiger partial charge in [0.1, 0.15) is 0 Å². The molecule has 0 heterocycles. The summed E-state index contributed by atoms with van der Waals surface area (Å²) in [6, 6.07) is 93.2. The fraction of sp³-hybridized carbons (Fsp3) is 0.0345. The quantitative estimate of drug-likeness (QED) is 0.0781. The van der Waals surface area contributed by atoms with Gasteiger partial charge in [0.2, 0.25) is 0 Å². The Morgan fingerprint density at radius 1 is 0.333 bits per heavy atom. The standard InChI is InChI=1S/C44H32P2.C14H16NP.BF4.ClH.Ru/c1-5-19-35(20-6-1)45(36-21-7-2-8-22-36)41-31-29-33-17-13-15-27-39(33)43(41)44-40-28-16-14-18-34(40)30-32-42(44)46(37-23-9-3-10-24-37)38-25-11-4-12-26-38;15-11-12-16(13-7-3-1-4-8-13)14-9-5-2-6-10-14;2-1(3,4)5;;/h1-32H;1-10H,11-12,15H2;;1H;/q;;-1;;+2/p-1. The fourth-order valence-electron chi connectivity index (χ4n) is 8.33. The minimum atomic E-state index is -6.00. The smallest absolute Gasteiger partial charge is 1.00 e. The molecule has 0 radical (unpaired) electrons. The molecule has 0 saturated carbocycles. The molecule has 0 unspecified atom stereocenters. The van der Waals surface area contributed by atoms with Crippen LogP contribution in [0.15, 0.2) is 255 Å². The van der Waals surface area contributed by atoms with Gasteiger partial charge in [-0.3, -0.25) is 0 Å². The molecule has 0 saturated heterocycles. The molecule has 346 valence electrons. The van der Waals surface area contributed by atoms with Gasteiger partial charge in [-0.05, 0) is 112 Å². The normalized spacial score (nSPS) is 11.0. The van der Waals surface area contributed by atoms with Gasteiger partial charge in [0.15, 0.2) is 0 Å². The number of hydrogen-bond donors (Lipinski definition) is 1. The van der Waals surface area contributed by atoms with Crippen LogP contribution in [0.25, 0.3) is 32.7 Å². The van der Waals surface area contributed by atoms with Crippen molar-refractivity contribution in [3.63, 3.8) is 0 Å². The Balaban J connectivity index is 0.000000284. The Kier molecular flexibility index (Phi) is 20.0. The van der Waals surface area contributed by atoms with Crippen LogP contribution < -0.4 is 60.6 Å². The largest absolute Gasteiger partial charge is 2.00 e. The first-order chi connectivity index (χ1) is 32.8.